The van der Waals surface area contributed by atoms with E-state index in [1.807, 2.05) is 6.92 Å². The number of nitrogens with one attached hydrogen (secondary N) is 1. The summed E-state index contributed by atoms with van der Waals surface area (Å²) in [6.45, 7) is 2.05. The largest absolute Gasteiger partial charge is 0.390 e. The first-order chi connectivity index (χ1) is 9.74. The molecule has 0 spiro atoms. The minimum atomic E-state index is -4.33. The van der Waals surface area contributed by atoms with Gasteiger partial charge in [-0.2, -0.15) is 18.2 Å². The Hall–Kier alpha value is -2.13. The van der Waals surface area contributed by atoms with Crippen molar-refractivity contribution >= 4 is 17.5 Å². The average molecular weight is 307 g/mol. The third-order valence-electron chi connectivity index (χ3n) is 2.57. The van der Waals surface area contributed by atoms with Crippen LogP contribution in [0.25, 0.3) is 0 Å². The summed E-state index contributed by atoms with van der Waals surface area (Å²) in [4.78, 5) is 19.0. The van der Waals surface area contributed by atoms with Gasteiger partial charge in [-0.25, -0.2) is 4.98 Å². The highest BCUT2D eigenvalue weighted by Crippen LogP contribution is 2.27. The topological polar surface area (TPSA) is 84.2 Å². The fraction of sp³-hybridized carbons (Fsp3) is 0.636. The second-order valence-corrected chi connectivity index (χ2v) is 4.37. The van der Waals surface area contributed by atoms with E-state index < -0.39 is 29.8 Å². The highest BCUT2D eigenvalue weighted by molar-refractivity contribution is 5.58. The molecule has 1 aromatic rings. The summed E-state index contributed by atoms with van der Waals surface area (Å²) < 4.78 is 36.7. The van der Waals surface area contributed by atoms with Gasteiger partial charge in [-0.1, -0.05) is 6.92 Å². The molecule has 0 amide bonds. The van der Waals surface area contributed by atoms with Gasteiger partial charge in [0.05, 0.1) is 11.3 Å². The van der Waals surface area contributed by atoms with Crippen LogP contribution in [-0.2, 0) is 0 Å². The van der Waals surface area contributed by atoms with Crippen molar-refractivity contribution in [2.75, 3.05) is 30.4 Å². The van der Waals surface area contributed by atoms with E-state index in [1.165, 1.54) is 7.05 Å². The molecular weight excluding hydrogens is 291 g/mol. The quantitative estimate of drug-likeness (QED) is 0.615. The molecule has 0 saturated carbocycles. The molecule has 1 heterocycles. The smallest absolute Gasteiger partial charge is 0.354 e. The highest BCUT2D eigenvalue weighted by atomic mass is 19.4. The Morgan fingerprint density at radius 2 is 2.14 bits per heavy atom. The minimum Gasteiger partial charge on any atom is -0.354 e. The lowest BCUT2D eigenvalue weighted by atomic mass is 10.3. The molecule has 21 heavy (non-hydrogen) atoms. The van der Waals surface area contributed by atoms with Crippen LogP contribution < -0.4 is 10.2 Å². The number of nitrogens with zero attached hydrogens (tertiary/aromatic N) is 4. The van der Waals surface area contributed by atoms with Crippen molar-refractivity contribution in [2.45, 2.75) is 25.9 Å². The van der Waals surface area contributed by atoms with Crippen molar-refractivity contribution in [2.24, 2.45) is 0 Å². The number of nitro groups is 1. The number of hydrogen-bond acceptors (Lipinski definition) is 6. The molecule has 0 aliphatic carbocycles. The lowest BCUT2D eigenvalue weighted by molar-refractivity contribution is -0.384. The maximum absolute atomic E-state index is 12.2. The summed E-state index contributed by atoms with van der Waals surface area (Å²) in [5, 5.41) is 13.7. The van der Waals surface area contributed by atoms with Crippen LogP contribution in [0.3, 0.4) is 0 Å². The van der Waals surface area contributed by atoms with E-state index in [0.717, 1.165) is 17.5 Å². The van der Waals surface area contributed by atoms with E-state index >= 15 is 0 Å². The molecule has 1 aromatic heterocycles. The van der Waals surface area contributed by atoms with E-state index in [9.17, 15) is 23.3 Å². The predicted octanol–water partition coefficient (Wildman–Crippen LogP) is 2.60. The monoisotopic (exact) mass is 307 g/mol. The highest BCUT2D eigenvalue weighted by Gasteiger charge is 2.29. The van der Waals surface area contributed by atoms with Gasteiger partial charge >= 0.3 is 11.9 Å². The number of anilines is 2. The van der Waals surface area contributed by atoms with Crippen molar-refractivity contribution in [3.8, 4) is 0 Å². The zero-order valence-electron chi connectivity index (χ0n) is 11.6. The first-order valence-corrected chi connectivity index (χ1v) is 6.27. The molecule has 1 rings (SSSR count). The molecule has 0 unspecified atom stereocenters. The number of rotatable bonds is 7. The zero-order chi connectivity index (χ0) is 16.0. The Kier molecular flexibility index (Phi) is 5.68. The Bertz CT molecular complexity index is 495. The molecule has 0 atom stereocenters. The summed E-state index contributed by atoms with van der Waals surface area (Å²) in [6.07, 6.45) is -3.63. The normalized spacial score (nSPS) is 11.3. The van der Waals surface area contributed by atoms with Crippen LogP contribution in [0.5, 0.6) is 0 Å². The van der Waals surface area contributed by atoms with Crippen molar-refractivity contribution in [3.63, 3.8) is 0 Å². The van der Waals surface area contributed by atoms with Crippen LogP contribution in [0.4, 0.5) is 30.6 Å². The number of halogens is 3. The standard InChI is InChI=1S/C11H16F3N5O2/c1-3-5-15-10-16-7-8(19(20)21)9(17-10)18(2)6-4-11(12,13)14/h7H,3-6H2,1-2H3,(H,15,16,17). The number of aromatic nitrogens is 2. The van der Waals surface area contributed by atoms with Crippen LogP contribution in [0.2, 0.25) is 0 Å². The molecule has 10 heteroatoms. The summed E-state index contributed by atoms with van der Waals surface area (Å²) in [5.41, 5.74) is -0.429. The minimum absolute atomic E-state index is 0.141. The lowest BCUT2D eigenvalue weighted by Crippen LogP contribution is -2.26. The molecule has 1 N–H and O–H groups in total. The molecule has 0 fully saturated rings. The summed E-state index contributed by atoms with van der Waals surface area (Å²) >= 11 is 0. The number of hydrogen-bond donors (Lipinski definition) is 1. The van der Waals surface area contributed by atoms with Crippen LogP contribution in [0.1, 0.15) is 19.8 Å². The first-order valence-electron chi connectivity index (χ1n) is 6.27. The van der Waals surface area contributed by atoms with E-state index in [2.05, 4.69) is 15.3 Å². The first kappa shape index (κ1) is 16.9. The van der Waals surface area contributed by atoms with Crippen molar-refractivity contribution in [1.82, 2.24) is 9.97 Å². The third kappa shape index (κ3) is 5.40. The fourth-order valence-electron chi connectivity index (χ4n) is 1.50. The molecule has 0 aliphatic heterocycles. The SMILES string of the molecule is CCCNc1ncc([N+](=O)[O-])c(N(C)CCC(F)(F)F)n1. The Balaban J connectivity index is 2.96. The van der Waals surface area contributed by atoms with E-state index in [4.69, 9.17) is 0 Å². The van der Waals surface area contributed by atoms with Crippen molar-refractivity contribution in [3.05, 3.63) is 16.3 Å². The Labute approximate surface area is 119 Å². The molecular formula is C11H16F3N5O2. The lowest BCUT2D eigenvalue weighted by Gasteiger charge is -2.19. The van der Waals surface area contributed by atoms with Gasteiger partial charge in [-0.3, -0.25) is 10.1 Å². The van der Waals surface area contributed by atoms with Crippen LogP contribution in [0, 0.1) is 10.1 Å². The Morgan fingerprint density at radius 1 is 1.48 bits per heavy atom. The second kappa shape index (κ2) is 7.04. The van der Waals surface area contributed by atoms with E-state index in [0.29, 0.717) is 6.54 Å². The predicted molar refractivity (Wildman–Crippen MR) is 71.4 cm³/mol. The molecule has 7 nitrogen and oxygen atoms in total. The molecule has 0 saturated heterocycles. The molecule has 118 valence electrons. The third-order valence-corrected chi connectivity index (χ3v) is 2.57. The number of alkyl halides is 3. The molecule has 0 bridgehead atoms. The van der Waals surface area contributed by atoms with Gasteiger partial charge in [0.15, 0.2) is 0 Å². The molecule has 0 aromatic carbocycles. The summed E-state index contributed by atoms with van der Waals surface area (Å²) in [5.74, 6) is 0.00848. The van der Waals surface area contributed by atoms with Crippen molar-refractivity contribution in [1.29, 1.82) is 0 Å². The van der Waals surface area contributed by atoms with Gasteiger partial charge in [0.2, 0.25) is 11.8 Å². The van der Waals surface area contributed by atoms with Gasteiger partial charge in [-0.05, 0) is 6.42 Å². The molecule has 0 radical (unpaired) electrons. The van der Waals surface area contributed by atoms with Gasteiger partial charge in [0.25, 0.3) is 0 Å². The Morgan fingerprint density at radius 3 is 2.67 bits per heavy atom. The zero-order valence-corrected chi connectivity index (χ0v) is 11.6. The van der Waals surface area contributed by atoms with E-state index in [1.54, 1.807) is 0 Å². The molecule has 0 aliphatic rings. The summed E-state index contributed by atoms with van der Waals surface area (Å²) in [7, 11) is 1.32. The van der Waals surface area contributed by atoms with Gasteiger partial charge in [0, 0.05) is 20.1 Å². The van der Waals surface area contributed by atoms with Crippen molar-refractivity contribution < 1.29 is 18.1 Å². The average Bonchev–Trinajstić information content (AvgIpc) is 2.41. The van der Waals surface area contributed by atoms with Gasteiger partial charge in [-0.15, -0.1) is 0 Å². The summed E-state index contributed by atoms with van der Waals surface area (Å²) in [6, 6.07) is 0. The second-order valence-electron chi connectivity index (χ2n) is 4.37. The van der Waals surface area contributed by atoms with Crippen LogP contribution in [-0.4, -0.2) is 41.2 Å². The maximum atomic E-state index is 12.2. The van der Waals surface area contributed by atoms with Crippen LogP contribution in [0.15, 0.2) is 6.20 Å². The van der Waals surface area contributed by atoms with Crippen LogP contribution >= 0.6 is 0 Å². The fourth-order valence-corrected chi connectivity index (χ4v) is 1.50. The van der Waals surface area contributed by atoms with E-state index in [-0.39, 0.29) is 11.8 Å². The van der Waals surface area contributed by atoms with Gasteiger partial charge < -0.3 is 10.2 Å². The maximum Gasteiger partial charge on any atom is 0.390 e. The van der Waals surface area contributed by atoms with Gasteiger partial charge in [0.1, 0.15) is 6.20 Å².